The van der Waals surface area contributed by atoms with Crippen molar-refractivity contribution < 1.29 is 0 Å². The molecule has 1 aromatic heterocycles. The third-order valence-corrected chi connectivity index (χ3v) is 4.52. The van der Waals surface area contributed by atoms with Gasteiger partial charge in [0.15, 0.2) is 0 Å². The number of rotatable bonds is 5. The SMILES string of the molecule is CCCn1c(CC(N)C2(C)CC2)nc2ccccc21. The molecule has 1 unspecified atom stereocenters. The molecule has 0 amide bonds. The normalized spacial score (nSPS) is 18.7. The Bertz CT molecular complexity index is 581. The summed E-state index contributed by atoms with van der Waals surface area (Å²) in [5.74, 6) is 1.16. The molecular formula is C16H23N3. The minimum atomic E-state index is 0.236. The summed E-state index contributed by atoms with van der Waals surface area (Å²) >= 11 is 0. The molecule has 2 N–H and O–H groups in total. The van der Waals surface area contributed by atoms with Crippen molar-refractivity contribution in [2.75, 3.05) is 0 Å². The Morgan fingerprint density at radius 2 is 2.11 bits per heavy atom. The first kappa shape index (κ1) is 12.7. The molecule has 19 heavy (non-hydrogen) atoms. The highest BCUT2D eigenvalue weighted by atomic mass is 15.1. The van der Waals surface area contributed by atoms with E-state index in [9.17, 15) is 0 Å². The summed E-state index contributed by atoms with van der Waals surface area (Å²) in [7, 11) is 0. The zero-order chi connectivity index (χ0) is 13.5. The summed E-state index contributed by atoms with van der Waals surface area (Å²) in [5, 5.41) is 0. The smallest absolute Gasteiger partial charge is 0.111 e. The Hall–Kier alpha value is -1.35. The van der Waals surface area contributed by atoms with Crippen molar-refractivity contribution in [3.8, 4) is 0 Å². The van der Waals surface area contributed by atoms with Gasteiger partial charge in [-0.05, 0) is 36.8 Å². The average molecular weight is 257 g/mol. The highest BCUT2D eigenvalue weighted by Gasteiger charge is 2.43. The first-order valence-corrected chi connectivity index (χ1v) is 7.34. The maximum Gasteiger partial charge on any atom is 0.111 e. The Morgan fingerprint density at radius 1 is 1.37 bits per heavy atom. The summed E-state index contributed by atoms with van der Waals surface area (Å²) in [6, 6.07) is 8.63. The lowest BCUT2D eigenvalue weighted by Crippen LogP contribution is -2.33. The standard InChI is InChI=1S/C16H23N3/c1-3-10-19-13-7-5-4-6-12(13)18-15(19)11-14(17)16(2)8-9-16/h4-7,14H,3,8-11,17H2,1-2H3. The summed E-state index contributed by atoms with van der Waals surface area (Å²) < 4.78 is 2.35. The lowest BCUT2D eigenvalue weighted by Gasteiger charge is -2.19. The molecule has 2 aromatic rings. The van der Waals surface area contributed by atoms with Crippen LogP contribution in [0.4, 0.5) is 0 Å². The molecule has 3 nitrogen and oxygen atoms in total. The minimum Gasteiger partial charge on any atom is -0.328 e. The predicted molar refractivity (Wildman–Crippen MR) is 79.0 cm³/mol. The Kier molecular flexibility index (Phi) is 3.09. The maximum absolute atomic E-state index is 6.38. The van der Waals surface area contributed by atoms with Gasteiger partial charge in [0.05, 0.1) is 11.0 Å². The van der Waals surface area contributed by atoms with Crippen LogP contribution in [0.5, 0.6) is 0 Å². The minimum absolute atomic E-state index is 0.236. The van der Waals surface area contributed by atoms with Gasteiger partial charge < -0.3 is 10.3 Å². The van der Waals surface area contributed by atoms with Crippen LogP contribution in [-0.4, -0.2) is 15.6 Å². The van der Waals surface area contributed by atoms with Crippen LogP contribution < -0.4 is 5.73 Å². The third kappa shape index (κ3) is 2.27. The quantitative estimate of drug-likeness (QED) is 0.894. The monoisotopic (exact) mass is 257 g/mol. The van der Waals surface area contributed by atoms with E-state index in [0.29, 0.717) is 5.41 Å². The van der Waals surface area contributed by atoms with Gasteiger partial charge in [-0.1, -0.05) is 26.0 Å². The van der Waals surface area contributed by atoms with E-state index in [2.05, 4.69) is 42.7 Å². The molecule has 3 rings (SSSR count). The second-order valence-corrected chi connectivity index (χ2v) is 6.13. The number of nitrogens with zero attached hydrogens (tertiary/aromatic N) is 2. The zero-order valence-electron chi connectivity index (χ0n) is 11.9. The zero-order valence-corrected chi connectivity index (χ0v) is 11.9. The number of imidazole rings is 1. The van der Waals surface area contributed by atoms with E-state index in [0.717, 1.165) is 30.7 Å². The third-order valence-electron chi connectivity index (χ3n) is 4.52. The van der Waals surface area contributed by atoms with Crippen molar-refractivity contribution in [2.24, 2.45) is 11.1 Å². The van der Waals surface area contributed by atoms with Crippen molar-refractivity contribution in [1.82, 2.24) is 9.55 Å². The van der Waals surface area contributed by atoms with Gasteiger partial charge in [0, 0.05) is 19.0 Å². The van der Waals surface area contributed by atoms with Crippen molar-refractivity contribution in [3.63, 3.8) is 0 Å². The number of hydrogen-bond donors (Lipinski definition) is 1. The van der Waals surface area contributed by atoms with Crippen molar-refractivity contribution >= 4 is 11.0 Å². The van der Waals surface area contributed by atoms with Gasteiger partial charge in [-0.15, -0.1) is 0 Å². The molecule has 102 valence electrons. The van der Waals surface area contributed by atoms with E-state index >= 15 is 0 Å². The van der Waals surface area contributed by atoms with E-state index in [1.54, 1.807) is 0 Å². The number of fused-ring (bicyclic) bond motifs is 1. The largest absolute Gasteiger partial charge is 0.328 e. The van der Waals surface area contributed by atoms with Crippen molar-refractivity contribution in [1.29, 1.82) is 0 Å². The van der Waals surface area contributed by atoms with Crippen LogP contribution in [0.3, 0.4) is 0 Å². The predicted octanol–water partition coefficient (Wildman–Crippen LogP) is 3.12. The Balaban J connectivity index is 1.95. The second-order valence-electron chi connectivity index (χ2n) is 6.13. The first-order chi connectivity index (χ1) is 9.14. The van der Waals surface area contributed by atoms with Gasteiger partial charge in [0.1, 0.15) is 5.82 Å². The molecule has 3 heteroatoms. The van der Waals surface area contributed by atoms with Gasteiger partial charge in [-0.3, -0.25) is 0 Å². The van der Waals surface area contributed by atoms with Gasteiger partial charge in [0.2, 0.25) is 0 Å². The molecule has 0 bridgehead atoms. The van der Waals surface area contributed by atoms with E-state index in [1.165, 1.54) is 18.4 Å². The second kappa shape index (κ2) is 4.64. The van der Waals surface area contributed by atoms with Crippen LogP contribution in [0.2, 0.25) is 0 Å². The van der Waals surface area contributed by atoms with E-state index in [-0.39, 0.29) is 6.04 Å². The van der Waals surface area contributed by atoms with Crippen LogP contribution in [0.15, 0.2) is 24.3 Å². The Labute approximate surface area is 114 Å². The number of aromatic nitrogens is 2. The number of aryl methyl sites for hydroxylation is 1. The molecule has 1 aliphatic carbocycles. The molecular weight excluding hydrogens is 234 g/mol. The van der Waals surface area contributed by atoms with Gasteiger partial charge in [-0.25, -0.2) is 4.98 Å². The molecule has 1 fully saturated rings. The first-order valence-electron chi connectivity index (χ1n) is 7.34. The van der Waals surface area contributed by atoms with Gasteiger partial charge >= 0.3 is 0 Å². The molecule has 1 aromatic carbocycles. The molecule has 0 radical (unpaired) electrons. The number of nitrogens with two attached hydrogens (primary N) is 1. The van der Waals surface area contributed by atoms with Gasteiger partial charge in [0.25, 0.3) is 0 Å². The highest BCUT2D eigenvalue weighted by molar-refractivity contribution is 5.75. The topological polar surface area (TPSA) is 43.8 Å². The highest BCUT2D eigenvalue weighted by Crippen LogP contribution is 2.48. The Morgan fingerprint density at radius 3 is 2.79 bits per heavy atom. The maximum atomic E-state index is 6.38. The van der Waals surface area contributed by atoms with Crippen LogP contribution in [0.1, 0.15) is 38.9 Å². The molecule has 1 saturated carbocycles. The van der Waals surface area contributed by atoms with Crippen LogP contribution in [0.25, 0.3) is 11.0 Å². The summed E-state index contributed by atoms with van der Waals surface area (Å²) in [6.45, 7) is 5.53. The van der Waals surface area contributed by atoms with E-state index in [4.69, 9.17) is 10.7 Å². The lowest BCUT2D eigenvalue weighted by molar-refractivity contribution is 0.420. The molecule has 1 heterocycles. The number of hydrogen-bond acceptors (Lipinski definition) is 2. The van der Waals surface area contributed by atoms with Crippen LogP contribution >= 0.6 is 0 Å². The van der Waals surface area contributed by atoms with Crippen LogP contribution in [0, 0.1) is 5.41 Å². The van der Waals surface area contributed by atoms with Crippen LogP contribution in [-0.2, 0) is 13.0 Å². The molecule has 1 atom stereocenters. The summed E-state index contributed by atoms with van der Waals surface area (Å²) in [6.07, 6.45) is 4.55. The fourth-order valence-electron chi connectivity index (χ4n) is 2.77. The fraction of sp³-hybridized carbons (Fsp3) is 0.562. The average Bonchev–Trinajstić information content (AvgIpc) is 3.07. The van der Waals surface area contributed by atoms with E-state index < -0.39 is 0 Å². The summed E-state index contributed by atoms with van der Waals surface area (Å²) in [4.78, 5) is 4.80. The molecule has 1 aliphatic rings. The number of benzene rings is 1. The molecule has 0 saturated heterocycles. The van der Waals surface area contributed by atoms with Crippen molar-refractivity contribution in [3.05, 3.63) is 30.1 Å². The molecule has 0 aliphatic heterocycles. The lowest BCUT2D eigenvalue weighted by atomic mass is 9.96. The van der Waals surface area contributed by atoms with E-state index in [1.807, 2.05) is 0 Å². The fourth-order valence-corrected chi connectivity index (χ4v) is 2.77. The van der Waals surface area contributed by atoms with Gasteiger partial charge in [-0.2, -0.15) is 0 Å². The van der Waals surface area contributed by atoms with Crippen molar-refractivity contribution in [2.45, 2.75) is 52.1 Å². The number of para-hydroxylation sites is 2. The summed E-state index contributed by atoms with van der Waals surface area (Å²) in [5.41, 5.74) is 9.07. The molecule has 0 spiro atoms.